The van der Waals surface area contributed by atoms with E-state index >= 15 is 0 Å². The lowest BCUT2D eigenvalue weighted by Gasteiger charge is -2.15. The number of carbonyl (C=O) groups is 1. The number of benzene rings is 1. The van der Waals surface area contributed by atoms with Crippen LogP contribution in [0.3, 0.4) is 0 Å². The number of aliphatic hydroxyl groups is 1. The molecule has 0 saturated heterocycles. The van der Waals surface area contributed by atoms with Crippen molar-refractivity contribution in [3.05, 3.63) is 33.9 Å². The number of nitro benzene ring substituents is 1. The molecule has 1 amide bonds. The first-order valence-electron chi connectivity index (χ1n) is 6.15. The predicted octanol–water partition coefficient (Wildman–Crippen LogP) is 1.35. The van der Waals surface area contributed by atoms with Crippen LogP contribution in [0.25, 0.3) is 0 Å². The number of aliphatic hydroxyl groups excluding tert-OH is 1. The van der Waals surface area contributed by atoms with E-state index in [2.05, 4.69) is 5.32 Å². The molecule has 0 aliphatic rings. The third-order valence-corrected chi connectivity index (χ3v) is 2.88. The van der Waals surface area contributed by atoms with Crippen LogP contribution in [0.15, 0.2) is 18.2 Å². The first-order valence-corrected chi connectivity index (χ1v) is 6.15. The highest BCUT2D eigenvalue weighted by molar-refractivity contribution is 5.97. The summed E-state index contributed by atoms with van der Waals surface area (Å²) < 4.78 is 5.01. The Morgan fingerprint density at radius 3 is 2.65 bits per heavy atom. The zero-order valence-corrected chi connectivity index (χ0v) is 11.6. The minimum Gasteiger partial charge on any atom is -0.496 e. The third kappa shape index (κ3) is 3.92. The second-order valence-corrected chi connectivity index (χ2v) is 4.66. The van der Waals surface area contributed by atoms with Crippen LogP contribution < -0.4 is 10.1 Å². The molecule has 0 bridgehead atoms. The maximum atomic E-state index is 12.0. The van der Waals surface area contributed by atoms with Gasteiger partial charge >= 0.3 is 0 Å². The lowest BCUT2D eigenvalue weighted by molar-refractivity contribution is -0.384. The molecule has 7 nitrogen and oxygen atoms in total. The van der Waals surface area contributed by atoms with Crippen molar-refractivity contribution in [2.24, 2.45) is 5.92 Å². The highest BCUT2D eigenvalue weighted by atomic mass is 16.6. The normalized spacial score (nSPS) is 12.1. The predicted molar refractivity (Wildman–Crippen MR) is 72.8 cm³/mol. The maximum Gasteiger partial charge on any atom is 0.270 e. The number of ether oxygens (including phenoxy) is 1. The summed E-state index contributed by atoms with van der Waals surface area (Å²) in [4.78, 5) is 22.1. The quantitative estimate of drug-likeness (QED) is 0.605. The Hall–Kier alpha value is -2.15. The topological polar surface area (TPSA) is 102 Å². The summed E-state index contributed by atoms with van der Waals surface area (Å²) in [7, 11) is 1.38. The second-order valence-electron chi connectivity index (χ2n) is 4.66. The zero-order valence-electron chi connectivity index (χ0n) is 11.6. The van der Waals surface area contributed by atoms with Crippen LogP contribution in [0.2, 0.25) is 0 Å². The van der Waals surface area contributed by atoms with Gasteiger partial charge in [0, 0.05) is 18.7 Å². The van der Waals surface area contributed by atoms with E-state index in [4.69, 9.17) is 4.74 Å². The molecule has 2 N–H and O–H groups in total. The smallest absolute Gasteiger partial charge is 0.270 e. The Morgan fingerprint density at radius 1 is 1.50 bits per heavy atom. The second kappa shape index (κ2) is 6.85. The Labute approximate surface area is 116 Å². The lowest BCUT2D eigenvalue weighted by atomic mass is 10.1. The number of rotatable bonds is 6. The van der Waals surface area contributed by atoms with E-state index < -0.39 is 16.9 Å². The van der Waals surface area contributed by atoms with Crippen molar-refractivity contribution in [3.8, 4) is 5.75 Å². The van der Waals surface area contributed by atoms with Crippen LogP contribution in [0, 0.1) is 16.0 Å². The van der Waals surface area contributed by atoms with Gasteiger partial charge in [-0.25, -0.2) is 0 Å². The Bertz CT molecular complexity index is 502. The molecular formula is C13H18N2O5. The van der Waals surface area contributed by atoms with Gasteiger partial charge in [-0.2, -0.15) is 0 Å². The monoisotopic (exact) mass is 282 g/mol. The number of amides is 1. The standard InChI is InChI=1S/C13H18N2O5/c1-8(2)11(16)7-14-13(17)10-6-9(15(18)19)4-5-12(10)20-3/h4-6,8,11,16H,7H2,1-3H3,(H,14,17). The summed E-state index contributed by atoms with van der Waals surface area (Å²) in [5.41, 5.74) is -0.127. The van der Waals surface area contributed by atoms with Crippen LogP contribution in [-0.4, -0.2) is 35.7 Å². The van der Waals surface area contributed by atoms with Gasteiger partial charge in [0.15, 0.2) is 0 Å². The molecule has 0 saturated carbocycles. The molecule has 0 aliphatic heterocycles. The fourth-order valence-corrected chi connectivity index (χ4v) is 1.52. The molecule has 1 rings (SSSR count). The van der Waals surface area contributed by atoms with Crippen LogP contribution in [0.5, 0.6) is 5.75 Å². The number of hydrogen-bond acceptors (Lipinski definition) is 5. The van der Waals surface area contributed by atoms with Gasteiger partial charge in [0.1, 0.15) is 5.75 Å². The van der Waals surface area contributed by atoms with Crippen molar-refractivity contribution in [1.29, 1.82) is 0 Å². The first kappa shape index (κ1) is 15.9. The highest BCUT2D eigenvalue weighted by Gasteiger charge is 2.18. The fraction of sp³-hybridized carbons (Fsp3) is 0.462. The van der Waals surface area contributed by atoms with Crippen LogP contribution in [0.1, 0.15) is 24.2 Å². The van der Waals surface area contributed by atoms with E-state index in [1.807, 2.05) is 13.8 Å². The van der Waals surface area contributed by atoms with Crippen LogP contribution in [-0.2, 0) is 0 Å². The number of carbonyl (C=O) groups excluding carboxylic acids is 1. The molecule has 0 radical (unpaired) electrons. The first-order chi connectivity index (χ1) is 9.36. The zero-order chi connectivity index (χ0) is 15.3. The summed E-state index contributed by atoms with van der Waals surface area (Å²) in [6.07, 6.45) is -0.677. The number of hydrogen-bond donors (Lipinski definition) is 2. The third-order valence-electron chi connectivity index (χ3n) is 2.88. The minimum absolute atomic E-state index is 0.00213. The van der Waals surface area contributed by atoms with Crippen LogP contribution in [0.4, 0.5) is 5.69 Å². The van der Waals surface area contributed by atoms with Gasteiger partial charge in [-0.05, 0) is 12.0 Å². The average Bonchev–Trinajstić information content (AvgIpc) is 2.43. The number of nitrogens with one attached hydrogen (secondary N) is 1. The molecule has 110 valence electrons. The van der Waals surface area contributed by atoms with Crippen molar-refractivity contribution < 1.29 is 19.6 Å². The van der Waals surface area contributed by atoms with E-state index in [0.29, 0.717) is 0 Å². The molecule has 1 atom stereocenters. The molecule has 0 heterocycles. The number of nitro groups is 1. The van der Waals surface area contributed by atoms with Crippen molar-refractivity contribution in [2.45, 2.75) is 20.0 Å². The van der Waals surface area contributed by atoms with Gasteiger partial charge in [0.2, 0.25) is 0 Å². The highest BCUT2D eigenvalue weighted by Crippen LogP contribution is 2.23. The van der Waals surface area contributed by atoms with Gasteiger partial charge in [0.05, 0.1) is 23.7 Å². The lowest BCUT2D eigenvalue weighted by Crippen LogP contribution is -2.34. The molecule has 20 heavy (non-hydrogen) atoms. The SMILES string of the molecule is COc1ccc([N+](=O)[O-])cc1C(=O)NCC(O)C(C)C. The van der Waals surface area contributed by atoms with Gasteiger partial charge in [-0.1, -0.05) is 13.8 Å². The molecule has 0 fully saturated rings. The fourth-order valence-electron chi connectivity index (χ4n) is 1.52. The summed E-state index contributed by atoms with van der Waals surface area (Å²) in [6, 6.07) is 3.78. The summed E-state index contributed by atoms with van der Waals surface area (Å²) in [5, 5.41) is 22.9. The molecule has 1 aromatic rings. The number of nitrogens with zero attached hydrogens (tertiary/aromatic N) is 1. The molecule has 1 aromatic carbocycles. The van der Waals surface area contributed by atoms with Gasteiger partial charge in [-0.3, -0.25) is 14.9 Å². The average molecular weight is 282 g/mol. The van der Waals surface area contributed by atoms with Crippen molar-refractivity contribution in [2.75, 3.05) is 13.7 Å². The van der Waals surface area contributed by atoms with E-state index in [-0.39, 0.29) is 29.5 Å². The summed E-state index contributed by atoms with van der Waals surface area (Å²) in [6.45, 7) is 3.72. The maximum absolute atomic E-state index is 12.0. The molecule has 0 spiro atoms. The van der Waals surface area contributed by atoms with Crippen LogP contribution >= 0.6 is 0 Å². The Morgan fingerprint density at radius 2 is 2.15 bits per heavy atom. The van der Waals surface area contributed by atoms with E-state index in [1.165, 1.54) is 19.2 Å². The molecule has 1 unspecified atom stereocenters. The molecule has 7 heteroatoms. The molecule has 0 aromatic heterocycles. The summed E-state index contributed by atoms with van der Waals surface area (Å²) in [5.74, 6) is -0.278. The number of non-ortho nitro benzene ring substituents is 1. The largest absolute Gasteiger partial charge is 0.496 e. The Balaban J connectivity index is 2.90. The van der Waals surface area contributed by atoms with E-state index in [1.54, 1.807) is 0 Å². The van der Waals surface area contributed by atoms with E-state index in [0.717, 1.165) is 6.07 Å². The van der Waals surface area contributed by atoms with Crippen molar-refractivity contribution in [3.63, 3.8) is 0 Å². The summed E-state index contributed by atoms with van der Waals surface area (Å²) >= 11 is 0. The van der Waals surface area contributed by atoms with E-state index in [9.17, 15) is 20.0 Å². The Kier molecular flexibility index (Phi) is 5.45. The molecular weight excluding hydrogens is 264 g/mol. The minimum atomic E-state index is -0.677. The van der Waals surface area contributed by atoms with Gasteiger partial charge in [0.25, 0.3) is 11.6 Å². The van der Waals surface area contributed by atoms with Gasteiger partial charge < -0.3 is 15.2 Å². The van der Waals surface area contributed by atoms with Gasteiger partial charge in [-0.15, -0.1) is 0 Å². The molecule has 0 aliphatic carbocycles. The number of methoxy groups -OCH3 is 1. The van der Waals surface area contributed by atoms with Crippen molar-refractivity contribution in [1.82, 2.24) is 5.32 Å². The van der Waals surface area contributed by atoms with Crippen molar-refractivity contribution >= 4 is 11.6 Å².